The molecule has 2 aromatic heterocycles. The predicted octanol–water partition coefficient (Wildman–Crippen LogP) is 1.72. The quantitative estimate of drug-likeness (QED) is 0.898. The Labute approximate surface area is 104 Å². The van der Waals surface area contributed by atoms with Crippen LogP contribution >= 0.6 is 11.8 Å². The lowest BCUT2D eigenvalue weighted by Crippen LogP contribution is -1.95. The number of hydrogen-bond acceptors (Lipinski definition) is 5. The SMILES string of the molecule is Cc1nnc(Sc2ccc([C@H](C)O)nc2)n1C. The van der Waals surface area contributed by atoms with E-state index in [1.54, 1.807) is 13.1 Å². The molecule has 0 amide bonds. The van der Waals surface area contributed by atoms with Crippen LogP contribution in [0.3, 0.4) is 0 Å². The molecule has 0 aliphatic heterocycles. The van der Waals surface area contributed by atoms with Crippen LogP contribution in [0, 0.1) is 6.92 Å². The lowest BCUT2D eigenvalue weighted by molar-refractivity contribution is 0.194. The van der Waals surface area contributed by atoms with Crippen LogP contribution in [0.25, 0.3) is 0 Å². The number of aryl methyl sites for hydroxylation is 1. The summed E-state index contributed by atoms with van der Waals surface area (Å²) in [4.78, 5) is 5.16. The maximum absolute atomic E-state index is 9.36. The molecule has 0 unspecified atom stereocenters. The summed E-state index contributed by atoms with van der Waals surface area (Å²) in [6, 6.07) is 3.74. The van der Waals surface area contributed by atoms with E-state index in [4.69, 9.17) is 0 Å². The van der Waals surface area contributed by atoms with Crippen LogP contribution in [0.5, 0.6) is 0 Å². The highest BCUT2D eigenvalue weighted by Gasteiger charge is 2.08. The number of nitrogens with zero attached hydrogens (tertiary/aromatic N) is 4. The zero-order chi connectivity index (χ0) is 12.4. The fourth-order valence-electron chi connectivity index (χ4n) is 1.28. The van der Waals surface area contributed by atoms with Crippen LogP contribution in [-0.2, 0) is 7.05 Å². The summed E-state index contributed by atoms with van der Waals surface area (Å²) >= 11 is 1.50. The van der Waals surface area contributed by atoms with Gasteiger partial charge < -0.3 is 9.67 Å². The molecule has 17 heavy (non-hydrogen) atoms. The Balaban J connectivity index is 2.17. The van der Waals surface area contributed by atoms with E-state index in [2.05, 4.69) is 15.2 Å². The zero-order valence-electron chi connectivity index (χ0n) is 9.95. The van der Waals surface area contributed by atoms with Crippen molar-refractivity contribution in [3.63, 3.8) is 0 Å². The molecule has 0 aliphatic rings. The first-order chi connectivity index (χ1) is 8.08. The van der Waals surface area contributed by atoms with Crippen LogP contribution < -0.4 is 0 Å². The standard InChI is InChI=1S/C11H14N4OS/c1-7(16)10-5-4-9(6-12-10)17-11-14-13-8(2)15(11)3/h4-7,16H,1-3H3/t7-/m0/s1. The van der Waals surface area contributed by atoms with Gasteiger partial charge in [-0.1, -0.05) is 0 Å². The van der Waals surface area contributed by atoms with Crippen LogP contribution in [0.2, 0.25) is 0 Å². The van der Waals surface area contributed by atoms with Gasteiger partial charge in [-0.05, 0) is 37.7 Å². The third-order valence-corrected chi connectivity index (χ3v) is 3.46. The topological polar surface area (TPSA) is 63.8 Å². The van der Waals surface area contributed by atoms with E-state index >= 15 is 0 Å². The second-order valence-electron chi connectivity index (χ2n) is 3.79. The normalized spacial score (nSPS) is 12.7. The van der Waals surface area contributed by atoms with E-state index < -0.39 is 6.10 Å². The highest BCUT2D eigenvalue weighted by atomic mass is 32.2. The van der Waals surface area contributed by atoms with E-state index in [0.29, 0.717) is 5.69 Å². The second-order valence-corrected chi connectivity index (χ2v) is 4.83. The summed E-state index contributed by atoms with van der Waals surface area (Å²) in [5.74, 6) is 0.876. The maximum Gasteiger partial charge on any atom is 0.195 e. The van der Waals surface area contributed by atoms with Gasteiger partial charge >= 0.3 is 0 Å². The van der Waals surface area contributed by atoms with Crippen molar-refractivity contribution in [1.82, 2.24) is 19.7 Å². The third-order valence-electron chi connectivity index (χ3n) is 2.45. The highest BCUT2D eigenvalue weighted by molar-refractivity contribution is 7.99. The minimum Gasteiger partial charge on any atom is -0.387 e. The molecule has 6 heteroatoms. The van der Waals surface area contributed by atoms with Crippen molar-refractivity contribution in [1.29, 1.82) is 0 Å². The molecule has 2 heterocycles. The molecule has 0 saturated heterocycles. The van der Waals surface area contributed by atoms with Crippen molar-refractivity contribution in [2.45, 2.75) is 30.0 Å². The van der Waals surface area contributed by atoms with Gasteiger partial charge in [-0.3, -0.25) is 4.98 Å². The fourth-order valence-corrected chi connectivity index (χ4v) is 2.08. The van der Waals surface area contributed by atoms with Gasteiger partial charge in [-0.2, -0.15) is 0 Å². The first-order valence-electron chi connectivity index (χ1n) is 5.26. The van der Waals surface area contributed by atoms with Crippen LogP contribution in [-0.4, -0.2) is 24.9 Å². The minimum absolute atomic E-state index is 0.536. The zero-order valence-corrected chi connectivity index (χ0v) is 10.8. The van der Waals surface area contributed by atoms with Gasteiger partial charge in [0.05, 0.1) is 11.8 Å². The van der Waals surface area contributed by atoms with Crippen molar-refractivity contribution in [3.8, 4) is 0 Å². The van der Waals surface area contributed by atoms with Crippen LogP contribution in [0.15, 0.2) is 28.4 Å². The molecule has 0 aromatic carbocycles. The molecular formula is C11H14N4OS. The van der Waals surface area contributed by atoms with Gasteiger partial charge in [0.1, 0.15) is 5.82 Å². The first kappa shape index (κ1) is 12.1. The number of aliphatic hydroxyl groups is 1. The van der Waals surface area contributed by atoms with E-state index in [1.165, 1.54) is 11.8 Å². The van der Waals surface area contributed by atoms with Crippen LogP contribution in [0.1, 0.15) is 24.5 Å². The highest BCUT2D eigenvalue weighted by Crippen LogP contribution is 2.25. The summed E-state index contributed by atoms with van der Waals surface area (Å²) in [5.41, 5.74) is 0.670. The Morgan fingerprint density at radius 1 is 1.35 bits per heavy atom. The molecule has 0 radical (unpaired) electrons. The Kier molecular flexibility index (Phi) is 3.44. The molecule has 90 valence electrons. The van der Waals surface area contributed by atoms with E-state index in [0.717, 1.165) is 15.9 Å². The molecule has 5 nitrogen and oxygen atoms in total. The molecule has 2 rings (SSSR count). The Hall–Kier alpha value is -1.40. The summed E-state index contributed by atoms with van der Waals surface area (Å²) in [6.45, 7) is 3.60. The summed E-state index contributed by atoms with van der Waals surface area (Å²) in [6.07, 6.45) is 1.20. The number of aromatic nitrogens is 4. The smallest absolute Gasteiger partial charge is 0.195 e. The van der Waals surface area contributed by atoms with E-state index in [-0.39, 0.29) is 0 Å². The third kappa shape index (κ3) is 2.65. The number of aliphatic hydroxyl groups excluding tert-OH is 1. The van der Waals surface area contributed by atoms with Crippen molar-refractivity contribution in [3.05, 3.63) is 29.8 Å². The van der Waals surface area contributed by atoms with Gasteiger partial charge in [0.2, 0.25) is 0 Å². The average molecular weight is 250 g/mol. The molecule has 0 fully saturated rings. The molecule has 1 N–H and O–H groups in total. The summed E-state index contributed by atoms with van der Waals surface area (Å²) in [5, 5.41) is 18.2. The number of pyridine rings is 1. The summed E-state index contributed by atoms with van der Waals surface area (Å²) in [7, 11) is 1.93. The van der Waals surface area contributed by atoms with Crippen molar-refractivity contribution in [2.75, 3.05) is 0 Å². The molecule has 0 bridgehead atoms. The molecule has 0 saturated carbocycles. The maximum atomic E-state index is 9.36. The molecular weight excluding hydrogens is 236 g/mol. The van der Waals surface area contributed by atoms with E-state index in [9.17, 15) is 5.11 Å². The van der Waals surface area contributed by atoms with Crippen molar-refractivity contribution in [2.24, 2.45) is 7.05 Å². The molecule has 0 aliphatic carbocycles. The fraction of sp³-hybridized carbons (Fsp3) is 0.364. The number of hydrogen-bond donors (Lipinski definition) is 1. The first-order valence-corrected chi connectivity index (χ1v) is 6.07. The lowest BCUT2D eigenvalue weighted by Gasteiger charge is -2.04. The van der Waals surface area contributed by atoms with Crippen molar-refractivity contribution < 1.29 is 5.11 Å². The second kappa shape index (κ2) is 4.85. The molecule has 1 atom stereocenters. The van der Waals surface area contributed by atoms with Gasteiger partial charge in [0.15, 0.2) is 5.16 Å². The molecule has 0 spiro atoms. The largest absolute Gasteiger partial charge is 0.387 e. The van der Waals surface area contributed by atoms with Gasteiger partial charge in [0, 0.05) is 18.1 Å². The lowest BCUT2D eigenvalue weighted by atomic mass is 10.2. The minimum atomic E-state index is -0.536. The number of rotatable bonds is 3. The Morgan fingerprint density at radius 2 is 2.12 bits per heavy atom. The van der Waals surface area contributed by atoms with Crippen molar-refractivity contribution >= 4 is 11.8 Å². The summed E-state index contributed by atoms with van der Waals surface area (Å²) < 4.78 is 1.92. The van der Waals surface area contributed by atoms with Gasteiger partial charge in [0.25, 0.3) is 0 Å². The van der Waals surface area contributed by atoms with Gasteiger partial charge in [-0.15, -0.1) is 10.2 Å². The Morgan fingerprint density at radius 3 is 2.59 bits per heavy atom. The van der Waals surface area contributed by atoms with Gasteiger partial charge in [-0.25, -0.2) is 0 Å². The monoisotopic (exact) mass is 250 g/mol. The Bertz CT molecular complexity index is 507. The van der Waals surface area contributed by atoms with Crippen LogP contribution in [0.4, 0.5) is 0 Å². The van der Waals surface area contributed by atoms with E-state index in [1.807, 2.05) is 30.7 Å². The average Bonchev–Trinajstić information content (AvgIpc) is 2.62. The molecule has 2 aromatic rings. The predicted molar refractivity (Wildman–Crippen MR) is 64.7 cm³/mol.